The molecule has 21 heavy (non-hydrogen) atoms. The molecule has 2 aliphatic heterocycles. The predicted molar refractivity (Wildman–Crippen MR) is 92.6 cm³/mol. The van der Waals surface area contributed by atoms with Crippen LogP contribution in [0.1, 0.15) is 52.4 Å². The zero-order valence-corrected chi connectivity index (χ0v) is 15.7. The van der Waals surface area contributed by atoms with Gasteiger partial charge in [0.2, 0.25) is 0 Å². The van der Waals surface area contributed by atoms with Crippen LogP contribution in [0.3, 0.4) is 0 Å². The first-order valence-corrected chi connectivity index (χ1v) is 12.7. The normalized spacial score (nSPS) is 28.6. The monoisotopic (exact) mass is 312 g/mol. The van der Waals surface area contributed by atoms with Crippen molar-refractivity contribution in [1.29, 1.82) is 0 Å². The van der Waals surface area contributed by atoms with Gasteiger partial charge in [-0.2, -0.15) is 0 Å². The summed E-state index contributed by atoms with van der Waals surface area (Å²) in [7, 11) is -1.04. The van der Waals surface area contributed by atoms with E-state index in [2.05, 4.69) is 26.9 Å². The lowest BCUT2D eigenvalue weighted by Crippen LogP contribution is -2.37. The predicted octanol–water partition coefficient (Wildman–Crippen LogP) is 5.11. The first-order valence-electron chi connectivity index (χ1n) is 9.29. The molecule has 0 aliphatic carbocycles. The third-order valence-electron chi connectivity index (χ3n) is 5.95. The van der Waals surface area contributed by atoms with Crippen LogP contribution in [0.5, 0.6) is 0 Å². The van der Waals surface area contributed by atoms with Crippen LogP contribution in [0.2, 0.25) is 25.2 Å². The molecule has 0 aromatic rings. The van der Waals surface area contributed by atoms with Crippen molar-refractivity contribution in [3.05, 3.63) is 0 Å². The van der Waals surface area contributed by atoms with Crippen molar-refractivity contribution in [2.24, 2.45) is 11.8 Å². The van der Waals surface area contributed by atoms with Crippen LogP contribution in [0, 0.1) is 11.8 Å². The number of hydrogen-bond acceptors (Lipinski definition) is 2. The largest absolute Gasteiger partial charge is 0.378 e. The second-order valence-corrected chi connectivity index (χ2v) is 13.3. The zero-order chi connectivity index (χ0) is 15.3. The summed E-state index contributed by atoms with van der Waals surface area (Å²) in [5, 5.41) is 0. The van der Waals surface area contributed by atoms with E-state index in [1.807, 2.05) is 0 Å². The molecule has 3 heteroatoms. The van der Waals surface area contributed by atoms with E-state index in [4.69, 9.17) is 9.47 Å². The SMILES string of the molecule is CCC(CC[Si](C)(C)CCC(CC)C1CCO1)C1CCO1. The van der Waals surface area contributed by atoms with E-state index in [1.54, 1.807) is 0 Å². The maximum atomic E-state index is 5.72. The molecule has 0 aromatic heterocycles. The quantitative estimate of drug-likeness (QED) is 0.522. The van der Waals surface area contributed by atoms with Gasteiger partial charge < -0.3 is 9.47 Å². The Morgan fingerprint density at radius 2 is 1.24 bits per heavy atom. The van der Waals surface area contributed by atoms with Crippen LogP contribution in [0.15, 0.2) is 0 Å². The molecule has 0 amide bonds. The van der Waals surface area contributed by atoms with Crippen LogP contribution >= 0.6 is 0 Å². The molecule has 124 valence electrons. The van der Waals surface area contributed by atoms with Gasteiger partial charge in [0.05, 0.1) is 12.2 Å². The topological polar surface area (TPSA) is 18.5 Å². The van der Waals surface area contributed by atoms with E-state index in [1.165, 1.54) is 50.6 Å². The minimum absolute atomic E-state index is 0.589. The molecule has 2 nitrogen and oxygen atoms in total. The molecule has 0 saturated carbocycles. The molecule has 2 rings (SSSR count). The first kappa shape index (κ1) is 17.5. The fourth-order valence-electron chi connectivity index (χ4n) is 3.83. The molecule has 2 fully saturated rings. The van der Waals surface area contributed by atoms with E-state index >= 15 is 0 Å². The molecule has 0 radical (unpaired) electrons. The minimum atomic E-state index is -1.04. The van der Waals surface area contributed by atoms with Gasteiger partial charge in [0.25, 0.3) is 0 Å². The lowest BCUT2D eigenvalue weighted by atomic mass is 9.91. The van der Waals surface area contributed by atoms with Gasteiger partial charge in [-0.15, -0.1) is 0 Å². The lowest BCUT2D eigenvalue weighted by molar-refractivity contribution is -0.0865. The smallest absolute Gasteiger partial charge is 0.0625 e. The Kier molecular flexibility index (Phi) is 6.76. The summed E-state index contributed by atoms with van der Waals surface area (Å²) in [6.45, 7) is 11.9. The second-order valence-electron chi connectivity index (χ2n) is 7.97. The van der Waals surface area contributed by atoms with E-state index in [0.29, 0.717) is 12.2 Å². The summed E-state index contributed by atoms with van der Waals surface area (Å²) in [5.41, 5.74) is 0. The van der Waals surface area contributed by atoms with E-state index in [9.17, 15) is 0 Å². The van der Waals surface area contributed by atoms with Crippen LogP contribution < -0.4 is 0 Å². The van der Waals surface area contributed by atoms with Crippen molar-refractivity contribution in [2.45, 2.75) is 89.8 Å². The summed E-state index contributed by atoms with van der Waals surface area (Å²) in [4.78, 5) is 0. The third-order valence-corrected chi connectivity index (χ3v) is 9.24. The van der Waals surface area contributed by atoms with Crippen molar-refractivity contribution in [3.63, 3.8) is 0 Å². The van der Waals surface area contributed by atoms with E-state index < -0.39 is 8.07 Å². The van der Waals surface area contributed by atoms with Gasteiger partial charge >= 0.3 is 0 Å². The fourth-order valence-corrected chi connectivity index (χ4v) is 6.39. The van der Waals surface area contributed by atoms with Crippen molar-refractivity contribution in [2.75, 3.05) is 13.2 Å². The Labute approximate surface area is 133 Å². The molecule has 4 atom stereocenters. The Hall–Kier alpha value is 0.137. The van der Waals surface area contributed by atoms with Gasteiger partial charge in [0.1, 0.15) is 0 Å². The average Bonchev–Trinajstić information content (AvgIpc) is 2.34. The molecule has 2 aliphatic rings. The molecule has 0 spiro atoms. The summed E-state index contributed by atoms with van der Waals surface area (Å²) in [6.07, 6.45) is 9.17. The van der Waals surface area contributed by atoms with Gasteiger partial charge in [-0.05, 0) is 24.7 Å². The Morgan fingerprint density at radius 1 is 0.857 bits per heavy atom. The molecule has 2 saturated heterocycles. The van der Waals surface area contributed by atoms with Gasteiger partial charge in [0, 0.05) is 21.3 Å². The van der Waals surface area contributed by atoms with Crippen molar-refractivity contribution < 1.29 is 9.47 Å². The Morgan fingerprint density at radius 3 is 1.48 bits per heavy atom. The van der Waals surface area contributed by atoms with E-state index in [-0.39, 0.29) is 0 Å². The molecule has 0 N–H and O–H groups in total. The van der Waals surface area contributed by atoms with Gasteiger partial charge in [-0.3, -0.25) is 0 Å². The van der Waals surface area contributed by atoms with Crippen LogP contribution in [-0.4, -0.2) is 33.5 Å². The Balaban J connectivity index is 1.69. The summed E-state index contributed by atoms with van der Waals surface area (Å²) in [5.74, 6) is 1.64. The van der Waals surface area contributed by atoms with Crippen LogP contribution in [0.4, 0.5) is 0 Å². The maximum Gasteiger partial charge on any atom is 0.0625 e. The highest BCUT2D eigenvalue weighted by Gasteiger charge is 2.32. The van der Waals surface area contributed by atoms with Crippen LogP contribution in [-0.2, 0) is 9.47 Å². The highest BCUT2D eigenvalue weighted by atomic mass is 28.3. The molecule has 0 aromatic carbocycles. The summed E-state index contributed by atoms with van der Waals surface area (Å²) >= 11 is 0. The zero-order valence-electron chi connectivity index (χ0n) is 14.7. The van der Waals surface area contributed by atoms with Crippen molar-refractivity contribution in [1.82, 2.24) is 0 Å². The maximum absolute atomic E-state index is 5.72. The fraction of sp³-hybridized carbons (Fsp3) is 1.00. The number of rotatable bonds is 10. The molecular formula is C18H36O2Si. The minimum Gasteiger partial charge on any atom is -0.378 e. The van der Waals surface area contributed by atoms with Gasteiger partial charge in [-0.25, -0.2) is 0 Å². The molecule has 2 heterocycles. The van der Waals surface area contributed by atoms with Gasteiger partial charge in [0.15, 0.2) is 0 Å². The average molecular weight is 313 g/mol. The van der Waals surface area contributed by atoms with E-state index in [0.717, 1.165) is 25.0 Å². The molecular weight excluding hydrogens is 276 g/mol. The summed E-state index contributed by atoms with van der Waals surface area (Å²) < 4.78 is 11.4. The second kappa shape index (κ2) is 8.12. The summed E-state index contributed by atoms with van der Waals surface area (Å²) in [6, 6.07) is 2.96. The Bertz CT molecular complexity index is 270. The lowest BCUT2D eigenvalue weighted by Gasteiger charge is -2.37. The van der Waals surface area contributed by atoms with Crippen molar-refractivity contribution >= 4 is 8.07 Å². The highest BCUT2D eigenvalue weighted by molar-refractivity contribution is 6.77. The highest BCUT2D eigenvalue weighted by Crippen LogP contribution is 2.33. The van der Waals surface area contributed by atoms with Crippen molar-refractivity contribution in [3.8, 4) is 0 Å². The standard InChI is InChI=1S/C18H36O2Si/c1-5-15(17-7-11-19-17)9-13-21(3,4)14-10-16(6-2)18-8-12-20-18/h15-18H,5-14H2,1-4H3. The van der Waals surface area contributed by atoms with Gasteiger partial charge in [-0.1, -0.05) is 64.7 Å². The molecule has 0 bridgehead atoms. The third kappa shape index (κ3) is 5.07. The molecule has 4 unspecified atom stereocenters. The first-order chi connectivity index (χ1) is 10.1. The number of hydrogen-bond donors (Lipinski definition) is 0. The number of ether oxygens (including phenoxy) is 2. The van der Waals surface area contributed by atoms with Crippen LogP contribution in [0.25, 0.3) is 0 Å².